The summed E-state index contributed by atoms with van der Waals surface area (Å²) in [7, 11) is 0.550. The van der Waals surface area contributed by atoms with Gasteiger partial charge in [0.1, 0.15) is 6.54 Å². The first-order valence-electron chi connectivity index (χ1n) is 10.4. The first-order chi connectivity index (χ1) is 13.8. The number of rotatable bonds is 7. The molecule has 0 bridgehead atoms. The van der Waals surface area contributed by atoms with Gasteiger partial charge in [-0.3, -0.25) is 9.59 Å². The third-order valence-electron chi connectivity index (χ3n) is 6.01. The zero-order valence-electron chi connectivity index (χ0n) is 17.3. The summed E-state index contributed by atoms with van der Waals surface area (Å²) in [5, 5.41) is 2.60. The van der Waals surface area contributed by atoms with Crippen LogP contribution in [0.1, 0.15) is 48.0 Å². The molecule has 0 radical (unpaired) electrons. The second-order valence-corrected chi connectivity index (χ2v) is 10.6. The van der Waals surface area contributed by atoms with Crippen molar-refractivity contribution in [2.24, 2.45) is 0 Å². The predicted octanol–water partition coefficient (Wildman–Crippen LogP) is 0.0192. The fourth-order valence-corrected chi connectivity index (χ4v) is 6.27. The van der Waals surface area contributed by atoms with Crippen molar-refractivity contribution in [1.82, 2.24) is 10.2 Å². The van der Waals surface area contributed by atoms with Crippen LogP contribution in [-0.2, 0) is 21.2 Å². The summed E-state index contributed by atoms with van der Waals surface area (Å²) in [4.78, 5) is 27.8. The van der Waals surface area contributed by atoms with Gasteiger partial charge in [0.2, 0.25) is 0 Å². The van der Waals surface area contributed by atoms with Crippen LogP contribution in [0.4, 0.5) is 0 Å². The second kappa shape index (κ2) is 9.26. The van der Waals surface area contributed by atoms with E-state index >= 15 is 0 Å². The fraction of sp³-hybridized carbons (Fsp3) is 0.619. The van der Waals surface area contributed by atoms with Crippen molar-refractivity contribution in [3.05, 3.63) is 35.4 Å². The molecule has 1 saturated heterocycles. The van der Waals surface area contributed by atoms with Gasteiger partial charge in [0, 0.05) is 30.3 Å². The van der Waals surface area contributed by atoms with E-state index in [0.29, 0.717) is 25.1 Å². The van der Waals surface area contributed by atoms with Gasteiger partial charge in [-0.1, -0.05) is 25.0 Å². The average Bonchev–Trinajstić information content (AvgIpc) is 3.32. The standard InChI is InChI=1S/C21H31N3O4S/c1-22-21(26)17-9-7-16(8-10-17)13-23(2)14-20(25)24(18-5-3-4-6-18)19-11-12-29(27,28)15-19/h7-10,18-19H,3-6,11-15H2,1-2H3,(H,22,26)/p+1/t19-/m0/s1. The molecular formula is C21H32N3O4S+. The van der Waals surface area contributed by atoms with E-state index in [4.69, 9.17) is 0 Å². The van der Waals surface area contributed by atoms with Crippen molar-refractivity contribution in [3.63, 3.8) is 0 Å². The Morgan fingerprint density at radius 3 is 2.31 bits per heavy atom. The monoisotopic (exact) mass is 422 g/mol. The normalized spacial score (nSPS) is 22.3. The van der Waals surface area contributed by atoms with Crippen molar-refractivity contribution in [1.29, 1.82) is 0 Å². The number of quaternary nitrogens is 1. The highest BCUT2D eigenvalue weighted by Crippen LogP contribution is 2.29. The number of benzene rings is 1. The van der Waals surface area contributed by atoms with Gasteiger partial charge in [-0.25, -0.2) is 8.42 Å². The van der Waals surface area contributed by atoms with Crippen LogP contribution in [0.2, 0.25) is 0 Å². The van der Waals surface area contributed by atoms with Gasteiger partial charge in [0.15, 0.2) is 16.4 Å². The van der Waals surface area contributed by atoms with Crippen molar-refractivity contribution >= 4 is 21.7 Å². The lowest BCUT2D eigenvalue weighted by atomic mass is 10.1. The molecule has 1 aromatic rings. The minimum atomic E-state index is -3.03. The summed E-state index contributed by atoms with van der Waals surface area (Å²) in [5.41, 5.74) is 1.67. The molecule has 3 rings (SSSR count). The van der Waals surface area contributed by atoms with Crippen LogP contribution in [-0.4, -0.2) is 69.4 Å². The number of amides is 2. The van der Waals surface area contributed by atoms with E-state index in [-0.39, 0.29) is 35.4 Å². The van der Waals surface area contributed by atoms with Gasteiger partial charge in [-0.15, -0.1) is 0 Å². The van der Waals surface area contributed by atoms with Crippen LogP contribution in [0.3, 0.4) is 0 Å². The molecule has 1 aromatic carbocycles. The molecule has 7 nitrogen and oxygen atoms in total. The SMILES string of the molecule is CNC(=O)c1ccc(C[NH+](C)CC(=O)N(C2CCCC2)[C@H]2CCS(=O)(=O)C2)cc1. The lowest BCUT2D eigenvalue weighted by molar-refractivity contribution is -0.885. The number of hydrogen-bond acceptors (Lipinski definition) is 4. The third-order valence-corrected chi connectivity index (χ3v) is 7.76. The predicted molar refractivity (Wildman–Crippen MR) is 111 cm³/mol. The lowest BCUT2D eigenvalue weighted by Gasteiger charge is -2.34. The van der Waals surface area contributed by atoms with Crippen LogP contribution < -0.4 is 10.2 Å². The molecule has 2 aliphatic rings. The van der Waals surface area contributed by atoms with Crippen molar-refractivity contribution < 1.29 is 22.9 Å². The highest BCUT2D eigenvalue weighted by molar-refractivity contribution is 7.91. The highest BCUT2D eigenvalue weighted by atomic mass is 32.2. The smallest absolute Gasteiger partial charge is 0.278 e. The van der Waals surface area contributed by atoms with Gasteiger partial charge >= 0.3 is 0 Å². The average molecular weight is 423 g/mol. The maximum atomic E-state index is 13.2. The summed E-state index contributed by atoms with van der Waals surface area (Å²) < 4.78 is 23.9. The van der Waals surface area contributed by atoms with Crippen LogP contribution in [0.5, 0.6) is 0 Å². The second-order valence-electron chi connectivity index (χ2n) is 8.38. The van der Waals surface area contributed by atoms with E-state index in [9.17, 15) is 18.0 Å². The molecule has 2 amide bonds. The topological polar surface area (TPSA) is 88.0 Å². The van der Waals surface area contributed by atoms with Crippen molar-refractivity contribution in [2.45, 2.75) is 50.7 Å². The summed E-state index contributed by atoms with van der Waals surface area (Å²) in [6, 6.07) is 7.42. The largest absolute Gasteiger partial charge is 0.355 e. The van der Waals surface area contributed by atoms with Crippen LogP contribution >= 0.6 is 0 Å². The molecule has 0 spiro atoms. The van der Waals surface area contributed by atoms with Crippen molar-refractivity contribution in [2.75, 3.05) is 32.1 Å². The van der Waals surface area contributed by atoms with E-state index in [0.717, 1.165) is 36.1 Å². The minimum Gasteiger partial charge on any atom is -0.355 e. The summed E-state index contributed by atoms with van der Waals surface area (Å²) in [6.45, 7) is 1.01. The third kappa shape index (κ3) is 5.57. The molecule has 2 atom stereocenters. The Balaban J connectivity index is 1.63. The summed E-state index contributed by atoms with van der Waals surface area (Å²) in [6.07, 6.45) is 4.72. The molecule has 2 N–H and O–H groups in total. The van der Waals surface area contributed by atoms with Gasteiger partial charge in [0.25, 0.3) is 11.8 Å². The lowest BCUT2D eigenvalue weighted by Crippen LogP contribution is -3.09. The Labute approximate surface area is 173 Å². The molecule has 2 fully saturated rings. The van der Waals surface area contributed by atoms with Crippen molar-refractivity contribution in [3.8, 4) is 0 Å². The van der Waals surface area contributed by atoms with Gasteiger partial charge in [0.05, 0.1) is 18.6 Å². The molecule has 8 heteroatoms. The molecular weight excluding hydrogens is 390 g/mol. The first kappa shape index (κ1) is 21.8. The number of nitrogens with zero attached hydrogens (tertiary/aromatic N) is 1. The molecule has 1 aliphatic carbocycles. The Morgan fingerprint density at radius 1 is 1.10 bits per heavy atom. The molecule has 29 heavy (non-hydrogen) atoms. The Bertz CT molecular complexity index is 832. The minimum absolute atomic E-state index is 0.0541. The molecule has 1 saturated carbocycles. The van der Waals surface area contributed by atoms with Gasteiger partial charge in [-0.05, 0) is 31.4 Å². The summed E-state index contributed by atoms with van der Waals surface area (Å²) >= 11 is 0. The molecule has 1 aliphatic heterocycles. The number of sulfone groups is 1. The molecule has 160 valence electrons. The van der Waals surface area contributed by atoms with Gasteiger partial charge in [-0.2, -0.15) is 0 Å². The highest BCUT2D eigenvalue weighted by Gasteiger charge is 2.39. The number of likely N-dealkylation sites (N-methyl/N-ethyl adjacent to an activating group) is 1. The molecule has 1 unspecified atom stereocenters. The number of carbonyl (C=O) groups excluding carboxylic acids is 2. The zero-order chi connectivity index (χ0) is 21.0. The number of nitrogens with one attached hydrogen (secondary N) is 2. The Hall–Kier alpha value is -1.93. The van der Waals surface area contributed by atoms with E-state index in [1.807, 2.05) is 24.1 Å². The quantitative estimate of drug-likeness (QED) is 0.649. The van der Waals surface area contributed by atoms with E-state index in [1.54, 1.807) is 19.2 Å². The Morgan fingerprint density at radius 2 is 1.76 bits per heavy atom. The maximum absolute atomic E-state index is 13.2. The Kier molecular flexibility index (Phi) is 6.95. The zero-order valence-corrected chi connectivity index (χ0v) is 18.1. The molecule has 0 aromatic heterocycles. The van der Waals surface area contributed by atoms with E-state index in [1.165, 1.54) is 0 Å². The number of hydrogen-bond donors (Lipinski definition) is 2. The maximum Gasteiger partial charge on any atom is 0.278 e. The first-order valence-corrected chi connectivity index (χ1v) is 12.2. The fourth-order valence-electron chi connectivity index (χ4n) is 4.56. The van der Waals surface area contributed by atoms with E-state index in [2.05, 4.69) is 5.32 Å². The van der Waals surface area contributed by atoms with Crippen LogP contribution in [0, 0.1) is 0 Å². The number of carbonyl (C=O) groups is 2. The summed E-state index contributed by atoms with van der Waals surface area (Å²) in [5.74, 6) is 0.230. The van der Waals surface area contributed by atoms with Crippen LogP contribution in [0.15, 0.2) is 24.3 Å². The van der Waals surface area contributed by atoms with Crippen LogP contribution in [0.25, 0.3) is 0 Å². The van der Waals surface area contributed by atoms with E-state index < -0.39 is 9.84 Å². The van der Waals surface area contributed by atoms with Gasteiger partial charge < -0.3 is 15.1 Å². The molecule has 1 heterocycles.